The van der Waals surface area contributed by atoms with Crippen molar-refractivity contribution in [2.75, 3.05) is 44.0 Å². The van der Waals surface area contributed by atoms with E-state index in [9.17, 15) is 31.1 Å². The lowest BCUT2D eigenvalue weighted by molar-refractivity contribution is -0.193. The number of carboxylic acids is 2. The number of halogens is 7. The van der Waals surface area contributed by atoms with Gasteiger partial charge in [-0.1, -0.05) is 43.3 Å². The quantitative estimate of drug-likeness (QED) is 0.105. The second-order valence-corrected chi connectivity index (χ2v) is 12.6. The van der Waals surface area contributed by atoms with E-state index in [1.165, 1.54) is 0 Å². The van der Waals surface area contributed by atoms with E-state index in [1.807, 2.05) is 85.3 Å². The van der Waals surface area contributed by atoms with Crippen LogP contribution < -0.4 is 15.8 Å². The highest BCUT2D eigenvalue weighted by Crippen LogP contribution is 2.36. The number of alkyl halides is 6. The molecule has 0 aliphatic carbocycles. The van der Waals surface area contributed by atoms with E-state index in [2.05, 4.69) is 10.3 Å². The Morgan fingerprint density at radius 2 is 1.56 bits per heavy atom. The number of fused-ring (bicyclic) bond motifs is 1. The molecule has 0 saturated carbocycles. The molecule has 59 heavy (non-hydrogen) atoms. The molecule has 0 bridgehead atoms. The first-order chi connectivity index (χ1) is 27.8. The molecule has 1 saturated heterocycles. The van der Waals surface area contributed by atoms with Crippen LogP contribution in [-0.4, -0.2) is 92.8 Å². The number of hydrogen-bond donors (Lipinski definition) is 4. The molecule has 1 unspecified atom stereocenters. The van der Waals surface area contributed by atoms with Crippen molar-refractivity contribution in [1.29, 1.82) is 0 Å². The van der Waals surface area contributed by atoms with Gasteiger partial charge in [0, 0.05) is 47.7 Å². The van der Waals surface area contributed by atoms with E-state index in [4.69, 9.17) is 40.0 Å². The van der Waals surface area contributed by atoms with Gasteiger partial charge < -0.3 is 40.2 Å². The van der Waals surface area contributed by atoms with Crippen molar-refractivity contribution in [3.8, 4) is 17.0 Å². The second kappa shape index (κ2) is 19.8. The predicted molar refractivity (Wildman–Crippen MR) is 201 cm³/mol. The van der Waals surface area contributed by atoms with Crippen molar-refractivity contribution < 1.29 is 64.8 Å². The minimum absolute atomic E-state index is 0.0423. The largest absolute Gasteiger partial charge is 0.491 e. The number of aliphatic carboxylic acids is 2. The number of anilines is 2. The zero-order chi connectivity index (χ0) is 43.5. The Kier molecular flexibility index (Phi) is 15.2. The number of ether oxygens (including phenoxy) is 2. The second-order valence-electron chi connectivity index (χ2n) is 12.6. The van der Waals surface area contributed by atoms with E-state index in [-0.39, 0.29) is 18.2 Å². The summed E-state index contributed by atoms with van der Waals surface area (Å²) in [6.07, 6.45) is -5.95. The molecule has 13 nitrogen and oxygen atoms in total. The third-order valence-corrected chi connectivity index (χ3v) is 8.54. The first-order valence-corrected chi connectivity index (χ1v) is 17.8. The van der Waals surface area contributed by atoms with Crippen LogP contribution >= 0.6 is 0 Å². The number of carboxylic acid groups (broad SMARTS) is 2. The van der Waals surface area contributed by atoms with Gasteiger partial charge >= 0.3 is 24.3 Å². The molecule has 1 amide bonds. The minimum atomic E-state index is -5.08. The number of carbonyl (C=O) groups is 3. The number of pyridine rings is 1. The van der Waals surface area contributed by atoms with Crippen molar-refractivity contribution in [3.05, 3.63) is 102 Å². The van der Waals surface area contributed by atoms with Gasteiger partial charge in [-0.3, -0.25) is 4.79 Å². The summed E-state index contributed by atoms with van der Waals surface area (Å²) in [7, 11) is 0. The topological polar surface area (TPSA) is 182 Å². The number of carbonyl (C=O) groups excluding carboxylic acids is 1. The number of nitrogens with one attached hydrogen (secondary N) is 1. The van der Waals surface area contributed by atoms with Gasteiger partial charge in [-0.15, -0.1) is 0 Å². The van der Waals surface area contributed by atoms with Gasteiger partial charge in [0.15, 0.2) is 11.6 Å². The van der Waals surface area contributed by atoms with Crippen LogP contribution in [0.25, 0.3) is 22.0 Å². The molecule has 5 aromatic rings. The number of hydrogen-bond acceptors (Lipinski definition) is 9. The van der Waals surface area contributed by atoms with E-state index in [0.717, 1.165) is 27.6 Å². The number of nitrogens with two attached hydrogens (primary N) is 1. The average Bonchev–Trinajstić information content (AvgIpc) is 3.61. The summed E-state index contributed by atoms with van der Waals surface area (Å²) in [5, 5.41) is 19.5. The number of nitrogen functional groups attached to an aromatic ring is 1. The van der Waals surface area contributed by atoms with Gasteiger partial charge in [-0.05, 0) is 54.6 Å². The third-order valence-electron chi connectivity index (χ3n) is 8.54. The molecule has 2 aromatic heterocycles. The van der Waals surface area contributed by atoms with Gasteiger partial charge in [-0.2, -0.15) is 26.3 Å². The highest BCUT2D eigenvalue weighted by molar-refractivity contribution is 5.93. The third kappa shape index (κ3) is 12.3. The van der Waals surface area contributed by atoms with Crippen molar-refractivity contribution in [2.24, 2.45) is 0 Å². The maximum Gasteiger partial charge on any atom is 0.490 e. The van der Waals surface area contributed by atoms with Crippen molar-refractivity contribution in [2.45, 2.75) is 45.2 Å². The van der Waals surface area contributed by atoms with E-state index in [1.54, 1.807) is 17.2 Å². The van der Waals surface area contributed by atoms with Gasteiger partial charge in [-0.25, -0.2) is 23.9 Å². The number of nitrogens with zero attached hydrogens (tertiary/aromatic N) is 4. The number of rotatable bonds is 10. The number of aromatic nitrogens is 3. The van der Waals surface area contributed by atoms with Gasteiger partial charge in [0.2, 0.25) is 5.91 Å². The zero-order valence-corrected chi connectivity index (χ0v) is 31.5. The maximum absolute atomic E-state index is 16.4. The van der Waals surface area contributed by atoms with Crippen molar-refractivity contribution >= 4 is 40.1 Å². The molecule has 316 valence electrons. The smallest absolute Gasteiger partial charge is 0.490 e. The summed E-state index contributed by atoms with van der Waals surface area (Å²) in [6.45, 7) is 6.26. The van der Waals surface area contributed by atoms with Gasteiger partial charge in [0.1, 0.15) is 24.2 Å². The van der Waals surface area contributed by atoms with E-state index < -0.39 is 36.2 Å². The Balaban J connectivity index is 0.000000471. The molecule has 5 N–H and O–H groups in total. The van der Waals surface area contributed by atoms with Gasteiger partial charge in [0.05, 0.1) is 25.5 Å². The SMILES string of the molecule is CCOc1cc(CC)cc(C(Nc2ccc3c(N)nccc3c2)c2nc(-c3ccccc3)cn2CC(=O)N2CCOCC2)c1F.O=C(O)C(F)(F)F.O=C(O)C(F)(F)F. The van der Waals surface area contributed by atoms with Gasteiger partial charge in [0.25, 0.3) is 0 Å². The Hall–Kier alpha value is -6.44. The van der Waals surface area contributed by atoms with Crippen LogP contribution in [0.5, 0.6) is 5.75 Å². The van der Waals surface area contributed by atoms with E-state index >= 15 is 4.39 Å². The number of imidazole rings is 1. The van der Waals surface area contributed by atoms with E-state index in [0.29, 0.717) is 62.2 Å². The zero-order valence-electron chi connectivity index (χ0n) is 31.5. The molecular weight excluding hydrogens is 797 g/mol. The van der Waals surface area contributed by atoms with Crippen LogP contribution in [0, 0.1) is 5.82 Å². The van der Waals surface area contributed by atoms with Crippen LogP contribution in [0.15, 0.2) is 79.1 Å². The monoisotopic (exact) mass is 836 g/mol. The lowest BCUT2D eigenvalue weighted by Gasteiger charge is -2.28. The summed E-state index contributed by atoms with van der Waals surface area (Å²) in [6, 6.07) is 20.2. The molecule has 0 radical (unpaired) electrons. The highest BCUT2D eigenvalue weighted by Gasteiger charge is 2.39. The number of aryl methyl sites for hydroxylation is 1. The molecule has 3 heterocycles. The fourth-order valence-corrected chi connectivity index (χ4v) is 5.69. The molecule has 1 fully saturated rings. The van der Waals surface area contributed by atoms with Crippen LogP contribution in [0.3, 0.4) is 0 Å². The minimum Gasteiger partial charge on any atom is -0.491 e. The first-order valence-electron chi connectivity index (χ1n) is 17.8. The fraction of sp³-hybridized carbons (Fsp3) is 0.308. The van der Waals surface area contributed by atoms with Crippen LogP contribution in [0.2, 0.25) is 0 Å². The number of morpholine rings is 1. The molecule has 1 aliphatic heterocycles. The van der Waals surface area contributed by atoms with Crippen LogP contribution in [0.4, 0.5) is 42.2 Å². The van der Waals surface area contributed by atoms with Crippen LogP contribution in [0.1, 0.15) is 36.8 Å². The standard InChI is InChI=1S/C35H37FN6O3.2C2HF3O2/c1-3-23-18-28(32(36)30(19-23)45-4-2)33(39-26-10-11-27-25(20-26)12-13-38-34(27)37)35-40-29(24-8-6-5-7-9-24)21-42(35)22-31(43)41-14-16-44-17-15-41;2*3-2(4,5)1(6)7/h5-13,18-21,33,39H,3-4,14-17,22H2,1-2H3,(H2,37,38);2*(H,6,7). The highest BCUT2D eigenvalue weighted by atomic mass is 19.4. The van der Waals surface area contributed by atoms with Crippen molar-refractivity contribution in [1.82, 2.24) is 19.4 Å². The molecule has 6 rings (SSSR count). The summed E-state index contributed by atoms with van der Waals surface area (Å²) < 4.78 is 92.9. The Labute approximate surface area is 332 Å². The molecular formula is C39H39F7N6O7. The molecule has 1 atom stereocenters. The Morgan fingerprint density at radius 3 is 2.14 bits per heavy atom. The summed E-state index contributed by atoms with van der Waals surface area (Å²) in [5.74, 6) is -4.93. The Bertz CT molecular complexity index is 2200. The Morgan fingerprint density at radius 1 is 0.932 bits per heavy atom. The van der Waals surface area contributed by atoms with Crippen molar-refractivity contribution in [3.63, 3.8) is 0 Å². The summed E-state index contributed by atoms with van der Waals surface area (Å²) in [5.41, 5.74) is 9.72. The molecule has 20 heteroatoms. The maximum atomic E-state index is 16.4. The average molecular weight is 837 g/mol. The first kappa shape index (κ1) is 45.3. The normalized spacial score (nSPS) is 13.3. The lowest BCUT2D eigenvalue weighted by atomic mass is 9.99. The van der Waals surface area contributed by atoms with Crippen LogP contribution in [-0.2, 0) is 32.1 Å². The molecule has 0 spiro atoms. The lowest BCUT2D eigenvalue weighted by Crippen LogP contribution is -2.42. The number of benzene rings is 3. The number of amides is 1. The molecule has 3 aromatic carbocycles. The summed E-state index contributed by atoms with van der Waals surface area (Å²) >= 11 is 0. The molecule has 1 aliphatic rings. The predicted octanol–water partition coefficient (Wildman–Crippen LogP) is 7.11. The fourth-order valence-electron chi connectivity index (χ4n) is 5.69. The summed E-state index contributed by atoms with van der Waals surface area (Å²) in [4.78, 5) is 42.4.